The van der Waals surface area contributed by atoms with Crippen molar-refractivity contribution >= 4 is 35.2 Å². The van der Waals surface area contributed by atoms with Gasteiger partial charge < -0.3 is 25.8 Å². The van der Waals surface area contributed by atoms with E-state index in [-0.39, 0.29) is 41.0 Å². The second kappa shape index (κ2) is 10.3. The molecule has 2 aromatic rings. The van der Waals surface area contributed by atoms with Crippen molar-refractivity contribution in [2.24, 2.45) is 5.73 Å². The van der Waals surface area contributed by atoms with Crippen molar-refractivity contribution < 1.29 is 23.9 Å². The van der Waals surface area contributed by atoms with Crippen LogP contribution in [0, 0.1) is 5.41 Å². The summed E-state index contributed by atoms with van der Waals surface area (Å²) in [5.41, 5.74) is 6.81. The first kappa shape index (κ1) is 22.7. The van der Waals surface area contributed by atoms with Crippen LogP contribution in [0.5, 0.6) is 5.75 Å². The predicted molar refractivity (Wildman–Crippen MR) is 111 cm³/mol. The average molecular weight is 433 g/mol. The second-order valence-corrected chi connectivity index (χ2v) is 6.54. The minimum absolute atomic E-state index is 0.0557. The van der Waals surface area contributed by atoms with Crippen LogP contribution in [0.2, 0.25) is 5.02 Å². The molecule has 0 fully saturated rings. The summed E-state index contributed by atoms with van der Waals surface area (Å²) in [5.74, 6) is -1.29. The van der Waals surface area contributed by atoms with Crippen LogP contribution >= 0.6 is 11.6 Å². The maximum Gasteiger partial charge on any atom is 0.337 e. The van der Waals surface area contributed by atoms with Gasteiger partial charge >= 0.3 is 5.97 Å². The van der Waals surface area contributed by atoms with Gasteiger partial charge in [0, 0.05) is 35.3 Å². The van der Waals surface area contributed by atoms with Crippen molar-refractivity contribution in [3.8, 4) is 5.75 Å². The molecule has 0 aliphatic carbocycles. The molecule has 0 atom stereocenters. The Morgan fingerprint density at radius 1 is 1.10 bits per heavy atom. The van der Waals surface area contributed by atoms with Gasteiger partial charge in [0.25, 0.3) is 11.8 Å². The third kappa shape index (κ3) is 5.95. The van der Waals surface area contributed by atoms with Crippen LogP contribution in [-0.4, -0.2) is 44.4 Å². The maximum absolute atomic E-state index is 12.6. The van der Waals surface area contributed by atoms with Gasteiger partial charge in [0.1, 0.15) is 11.6 Å². The number of nitrogen functional groups attached to an aromatic ring is 1. The lowest BCUT2D eigenvalue weighted by atomic mass is 10.1. The number of ether oxygens (including phenoxy) is 2. The first-order valence-electron chi connectivity index (χ1n) is 8.73. The summed E-state index contributed by atoms with van der Waals surface area (Å²) in [6, 6.07) is 8.94. The lowest BCUT2D eigenvalue weighted by Crippen LogP contribution is -2.26. The minimum atomic E-state index is -0.615. The molecule has 2 rings (SSSR count). The molecule has 2 amide bonds. The average Bonchev–Trinajstić information content (AvgIpc) is 2.74. The van der Waals surface area contributed by atoms with Crippen LogP contribution in [0.4, 0.5) is 0 Å². The van der Waals surface area contributed by atoms with Crippen LogP contribution < -0.4 is 21.1 Å². The number of benzene rings is 2. The van der Waals surface area contributed by atoms with E-state index in [4.69, 9.17) is 27.5 Å². The normalized spacial score (nSPS) is 10.1. The van der Waals surface area contributed by atoms with E-state index in [0.29, 0.717) is 16.9 Å². The van der Waals surface area contributed by atoms with E-state index in [1.165, 1.54) is 38.4 Å². The molecule has 158 valence electrons. The number of rotatable bonds is 8. The predicted octanol–water partition coefficient (Wildman–Crippen LogP) is 1.47. The summed E-state index contributed by atoms with van der Waals surface area (Å²) in [5, 5.41) is 12.9. The van der Waals surface area contributed by atoms with Gasteiger partial charge in [0.15, 0.2) is 6.61 Å². The Bertz CT molecular complexity index is 993. The van der Waals surface area contributed by atoms with Gasteiger partial charge in [-0.25, -0.2) is 4.79 Å². The first-order chi connectivity index (χ1) is 14.2. The number of hydrogen-bond acceptors (Lipinski definition) is 6. The van der Waals surface area contributed by atoms with Gasteiger partial charge in [0.05, 0.1) is 12.7 Å². The Hall–Kier alpha value is -3.59. The quantitative estimate of drug-likeness (QED) is 0.282. The highest BCUT2D eigenvalue weighted by Crippen LogP contribution is 2.21. The van der Waals surface area contributed by atoms with Crippen LogP contribution in [-0.2, 0) is 16.1 Å². The van der Waals surface area contributed by atoms with E-state index < -0.39 is 11.9 Å². The van der Waals surface area contributed by atoms with Gasteiger partial charge in [0.2, 0.25) is 0 Å². The van der Waals surface area contributed by atoms with E-state index in [1.54, 1.807) is 12.1 Å². The van der Waals surface area contributed by atoms with Crippen molar-refractivity contribution in [1.29, 1.82) is 5.41 Å². The molecule has 5 N–H and O–H groups in total. The molecule has 0 saturated carbocycles. The number of esters is 1. The molecule has 9 nitrogen and oxygen atoms in total. The largest absolute Gasteiger partial charge is 0.483 e. The smallest absolute Gasteiger partial charge is 0.337 e. The van der Waals surface area contributed by atoms with Gasteiger partial charge in [-0.2, -0.15) is 0 Å². The number of halogens is 1. The van der Waals surface area contributed by atoms with E-state index >= 15 is 0 Å². The monoisotopic (exact) mass is 432 g/mol. The lowest BCUT2D eigenvalue weighted by Gasteiger charge is -2.14. The Balaban J connectivity index is 2.20. The number of carbonyl (C=O) groups excluding carboxylic acids is 3. The van der Waals surface area contributed by atoms with Crippen molar-refractivity contribution in [1.82, 2.24) is 10.6 Å². The zero-order chi connectivity index (χ0) is 22.3. The fraction of sp³-hybridized carbons (Fsp3) is 0.200. The lowest BCUT2D eigenvalue weighted by molar-refractivity contribution is -0.122. The summed E-state index contributed by atoms with van der Waals surface area (Å²) >= 11 is 5.99. The van der Waals surface area contributed by atoms with Crippen LogP contribution in [0.15, 0.2) is 36.4 Å². The van der Waals surface area contributed by atoms with Crippen LogP contribution in [0.1, 0.15) is 31.8 Å². The van der Waals surface area contributed by atoms with Crippen molar-refractivity contribution in [2.45, 2.75) is 6.54 Å². The molecule has 0 aliphatic heterocycles. The van der Waals surface area contributed by atoms with Crippen molar-refractivity contribution in [3.63, 3.8) is 0 Å². The molecule has 0 aromatic heterocycles. The van der Waals surface area contributed by atoms with E-state index in [1.807, 2.05) is 0 Å². The highest BCUT2D eigenvalue weighted by molar-refractivity contribution is 6.31. The zero-order valence-corrected chi connectivity index (χ0v) is 17.1. The number of carbonyl (C=O) groups is 3. The number of nitrogens with two attached hydrogens (primary N) is 1. The standard InChI is InChI=1S/C20H21ClN4O5/c1-24-17(26)10-30-16-8-11(18(22)23)3-4-12(16)9-25-19(27)13-5-14(20(28)29-2)7-15(21)6-13/h3-8H,9-10H2,1-2H3,(H3,22,23)(H,24,26)(H,25,27). The van der Waals surface area contributed by atoms with Gasteiger partial charge in [-0.1, -0.05) is 23.7 Å². The third-order valence-corrected chi connectivity index (χ3v) is 4.25. The summed E-state index contributed by atoms with van der Waals surface area (Å²) in [6.45, 7) is -0.185. The molecule has 0 aliphatic rings. The summed E-state index contributed by atoms with van der Waals surface area (Å²) in [7, 11) is 2.71. The zero-order valence-electron chi connectivity index (χ0n) is 16.4. The summed E-state index contributed by atoms with van der Waals surface area (Å²) in [4.78, 5) is 35.8. The highest BCUT2D eigenvalue weighted by Gasteiger charge is 2.15. The highest BCUT2D eigenvalue weighted by atomic mass is 35.5. The van der Waals surface area contributed by atoms with Gasteiger partial charge in [-0.05, 0) is 24.3 Å². The molecular formula is C20H21ClN4O5. The molecular weight excluding hydrogens is 412 g/mol. The molecule has 0 unspecified atom stereocenters. The topological polar surface area (TPSA) is 144 Å². The molecule has 2 aromatic carbocycles. The van der Waals surface area contributed by atoms with Crippen molar-refractivity contribution in [2.75, 3.05) is 20.8 Å². The second-order valence-electron chi connectivity index (χ2n) is 6.10. The molecule has 30 heavy (non-hydrogen) atoms. The summed E-state index contributed by atoms with van der Waals surface area (Å²) < 4.78 is 10.2. The van der Waals surface area contributed by atoms with Crippen molar-refractivity contribution in [3.05, 3.63) is 63.7 Å². The Labute approximate surface area is 178 Å². The van der Waals surface area contributed by atoms with E-state index in [9.17, 15) is 14.4 Å². The number of methoxy groups -OCH3 is 1. The van der Waals surface area contributed by atoms with Crippen LogP contribution in [0.25, 0.3) is 0 Å². The molecule has 0 saturated heterocycles. The van der Waals surface area contributed by atoms with Crippen LogP contribution in [0.3, 0.4) is 0 Å². The fourth-order valence-corrected chi connectivity index (χ4v) is 2.69. The van der Waals surface area contributed by atoms with Gasteiger partial charge in [-0.15, -0.1) is 0 Å². The Morgan fingerprint density at radius 2 is 1.80 bits per heavy atom. The minimum Gasteiger partial charge on any atom is -0.483 e. The number of amides is 2. The molecule has 10 heteroatoms. The molecule has 0 spiro atoms. The number of nitrogens with one attached hydrogen (secondary N) is 3. The Morgan fingerprint density at radius 3 is 2.43 bits per heavy atom. The Kier molecular flexibility index (Phi) is 7.76. The number of hydrogen-bond donors (Lipinski definition) is 4. The van der Waals surface area contributed by atoms with Gasteiger partial charge in [-0.3, -0.25) is 15.0 Å². The number of amidine groups is 1. The maximum atomic E-state index is 12.6. The molecule has 0 heterocycles. The molecule has 0 bridgehead atoms. The third-order valence-electron chi connectivity index (χ3n) is 4.04. The summed E-state index contributed by atoms with van der Waals surface area (Å²) in [6.07, 6.45) is 0. The first-order valence-corrected chi connectivity index (χ1v) is 9.10. The number of likely N-dealkylation sites (N-methyl/N-ethyl adjacent to an activating group) is 1. The SMILES string of the molecule is CNC(=O)COc1cc(C(=N)N)ccc1CNC(=O)c1cc(Cl)cc(C(=O)OC)c1. The van der Waals surface area contributed by atoms with E-state index in [2.05, 4.69) is 15.4 Å². The fourth-order valence-electron chi connectivity index (χ4n) is 2.45. The van der Waals surface area contributed by atoms with E-state index in [0.717, 1.165) is 0 Å². The molecule has 0 radical (unpaired) electrons.